The lowest BCUT2D eigenvalue weighted by Crippen LogP contribution is -2.26. The average Bonchev–Trinajstić information content (AvgIpc) is 2.35. The van der Waals surface area contributed by atoms with E-state index in [0.717, 1.165) is 24.4 Å². The van der Waals surface area contributed by atoms with E-state index in [9.17, 15) is 4.79 Å². The molecule has 0 aliphatic carbocycles. The van der Waals surface area contributed by atoms with Gasteiger partial charge < -0.3 is 10.6 Å². The van der Waals surface area contributed by atoms with Gasteiger partial charge >= 0.3 is 0 Å². The van der Waals surface area contributed by atoms with Crippen molar-refractivity contribution in [3.05, 3.63) is 17.5 Å². The van der Waals surface area contributed by atoms with Crippen molar-refractivity contribution in [2.75, 3.05) is 18.4 Å². The van der Waals surface area contributed by atoms with E-state index in [1.165, 1.54) is 0 Å². The van der Waals surface area contributed by atoms with Crippen LogP contribution in [0, 0.1) is 6.92 Å². The first-order valence-electron chi connectivity index (χ1n) is 6.89. The molecule has 2 N–H and O–H groups in total. The Bertz CT molecular complexity index is 418. The molecule has 5 nitrogen and oxygen atoms in total. The van der Waals surface area contributed by atoms with Crippen LogP contribution in [0.3, 0.4) is 0 Å². The van der Waals surface area contributed by atoms with Crippen molar-refractivity contribution in [3.63, 3.8) is 0 Å². The van der Waals surface area contributed by atoms with Crippen molar-refractivity contribution >= 4 is 11.9 Å². The minimum Gasteiger partial charge on any atom is -0.356 e. The lowest BCUT2D eigenvalue weighted by Gasteiger charge is -2.10. The SMILES string of the molecule is CCCNC(=O)CCNc1nc(C)cc(C(C)C)n1. The van der Waals surface area contributed by atoms with Gasteiger partial charge in [-0.3, -0.25) is 4.79 Å². The number of hydrogen-bond donors (Lipinski definition) is 2. The van der Waals surface area contributed by atoms with Gasteiger partial charge in [0.2, 0.25) is 11.9 Å². The van der Waals surface area contributed by atoms with Crippen LogP contribution in [0.15, 0.2) is 6.07 Å². The third kappa shape index (κ3) is 5.68. The summed E-state index contributed by atoms with van der Waals surface area (Å²) in [5.41, 5.74) is 1.96. The average molecular weight is 264 g/mol. The van der Waals surface area contributed by atoms with Crippen molar-refractivity contribution in [1.29, 1.82) is 0 Å². The minimum absolute atomic E-state index is 0.0612. The molecular formula is C14H24N4O. The van der Waals surface area contributed by atoms with E-state index in [-0.39, 0.29) is 5.91 Å². The molecule has 1 amide bonds. The number of aromatic nitrogens is 2. The summed E-state index contributed by atoms with van der Waals surface area (Å²) in [7, 11) is 0. The Morgan fingerprint density at radius 2 is 2.05 bits per heavy atom. The smallest absolute Gasteiger partial charge is 0.223 e. The van der Waals surface area contributed by atoms with Gasteiger partial charge in [-0.2, -0.15) is 0 Å². The Labute approximate surface area is 115 Å². The molecule has 0 saturated heterocycles. The summed E-state index contributed by atoms with van der Waals surface area (Å²) >= 11 is 0. The minimum atomic E-state index is 0.0612. The molecule has 106 valence electrons. The highest BCUT2D eigenvalue weighted by Gasteiger charge is 2.06. The molecule has 1 aromatic heterocycles. The molecule has 0 spiro atoms. The highest BCUT2D eigenvalue weighted by Crippen LogP contribution is 2.14. The molecule has 5 heteroatoms. The lowest BCUT2D eigenvalue weighted by atomic mass is 10.1. The zero-order chi connectivity index (χ0) is 14.3. The molecule has 19 heavy (non-hydrogen) atoms. The third-order valence-electron chi connectivity index (χ3n) is 2.67. The first-order chi connectivity index (χ1) is 9.02. The molecule has 1 aromatic rings. The van der Waals surface area contributed by atoms with Crippen molar-refractivity contribution in [2.45, 2.75) is 46.5 Å². The number of rotatable bonds is 7. The van der Waals surface area contributed by atoms with Crippen molar-refractivity contribution in [2.24, 2.45) is 0 Å². The number of amides is 1. The topological polar surface area (TPSA) is 66.9 Å². The van der Waals surface area contributed by atoms with Crippen molar-refractivity contribution in [3.8, 4) is 0 Å². The van der Waals surface area contributed by atoms with E-state index in [2.05, 4.69) is 34.4 Å². The van der Waals surface area contributed by atoms with Crippen molar-refractivity contribution < 1.29 is 4.79 Å². The maximum atomic E-state index is 11.4. The van der Waals surface area contributed by atoms with Gasteiger partial charge in [0.25, 0.3) is 0 Å². The quantitative estimate of drug-likeness (QED) is 0.792. The predicted molar refractivity (Wildman–Crippen MR) is 77.3 cm³/mol. The van der Waals surface area contributed by atoms with Crippen LogP contribution in [0.1, 0.15) is 50.9 Å². The number of anilines is 1. The summed E-state index contributed by atoms with van der Waals surface area (Å²) in [4.78, 5) is 20.2. The predicted octanol–water partition coefficient (Wildman–Crippen LogP) is 2.24. The van der Waals surface area contributed by atoms with E-state index >= 15 is 0 Å². The van der Waals surface area contributed by atoms with Gasteiger partial charge in [-0.15, -0.1) is 0 Å². The van der Waals surface area contributed by atoms with Crippen LogP contribution in [0.5, 0.6) is 0 Å². The van der Waals surface area contributed by atoms with Gasteiger partial charge in [0.1, 0.15) is 0 Å². The second-order valence-corrected chi connectivity index (χ2v) is 4.94. The highest BCUT2D eigenvalue weighted by molar-refractivity contribution is 5.76. The number of nitrogens with zero attached hydrogens (tertiary/aromatic N) is 2. The van der Waals surface area contributed by atoms with Crippen LogP contribution in [0.25, 0.3) is 0 Å². The number of aryl methyl sites for hydroxylation is 1. The molecule has 0 unspecified atom stereocenters. The molecule has 0 bridgehead atoms. The Morgan fingerprint density at radius 3 is 2.68 bits per heavy atom. The summed E-state index contributed by atoms with van der Waals surface area (Å²) in [6.45, 7) is 9.47. The fraction of sp³-hybridized carbons (Fsp3) is 0.643. The van der Waals surface area contributed by atoms with Crippen LogP contribution in [-0.4, -0.2) is 29.0 Å². The normalized spacial score (nSPS) is 10.6. The molecule has 0 aliphatic heterocycles. The maximum absolute atomic E-state index is 11.4. The molecule has 0 aromatic carbocycles. The first kappa shape index (κ1) is 15.4. The van der Waals surface area contributed by atoms with E-state index in [1.807, 2.05) is 19.9 Å². The summed E-state index contributed by atoms with van der Waals surface area (Å²) in [6.07, 6.45) is 1.40. The second kappa shape index (κ2) is 7.71. The molecule has 0 radical (unpaired) electrons. The Hall–Kier alpha value is -1.65. The number of carbonyl (C=O) groups excluding carboxylic acids is 1. The molecule has 1 heterocycles. The number of hydrogen-bond acceptors (Lipinski definition) is 4. The summed E-state index contributed by atoms with van der Waals surface area (Å²) in [5.74, 6) is 1.04. The van der Waals surface area contributed by atoms with Gasteiger partial charge in [0, 0.05) is 30.9 Å². The van der Waals surface area contributed by atoms with Gasteiger partial charge in [0.05, 0.1) is 0 Å². The standard InChI is InChI=1S/C14H24N4O/c1-5-7-15-13(19)6-8-16-14-17-11(4)9-12(18-14)10(2)3/h9-10H,5-8H2,1-4H3,(H,15,19)(H,16,17,18). The summed E-state index contributed by atoms with van der Waals surface area (Å²) in [6, 6.07) is 1.99. The monoisotopic (exact) mass is 264 g/mol. The summed E-state index contributed by atoms with van der Waals surface area (Å²) in [5, 5.41) is 5.94. The van der Waals surface area contributed by atoms with Crippen LogP contribution in [0.4, 0.5) is 5.95 Å². The van der Waals surface area contributed by atoms with E-state index in [1.54, 1.807) is 0 Å². The van der Waals surface area contributed by atoms with Gasteiger partial charge in [0.15, 0.2) is 0 Å². The Balaban J connectivity index is 2.47. The lowest BCUT2D eigenvalue weighted by molar-refractivity contribution is -0.120. The van der Waals surface area contributed by atoms with Crippen molar-refractivity contribution in [1.82, 2.24) is 15.3 Å². The van der Waals surface area contributed by atoms with Crippen LogP contribution in [-0.2, 0) is 4.79 Å². The summed E-state index contributed by atoms with van der Waals surface area (Å²) < 4.78 is 0. The highest BCUT2D eigenvalue weighted by atomic mass is 16.1. The molecule has 1 rings (SSSR count). The molecule has 0 atom stereocenters. The Kier molecular flexibility index (Phi) is 6.25. The number of nitrogens with one attached hydrogen (secondary N) is 2. The zero-order valence-corrected chi connectivity index (χ0v) is 12.3. The fourth-order valence-corrected chi connectivity index (χ4v) is 1.61. The van der Waals surface area contributed by atoms with Crippen LogP contribution in [0.2, 0.25) is 0 Å². The number of carbonyl (C=O) groups is 1. The zero-order valence-electron chi connectivity index (χ0n) is 12.3. The Morgan fingerprint density at radius 1 is 1.32 bits per heavy atom. The molecule has 0 aliphatic rings. The van der Waals surface area contributed by atoms with E-state index < -0.39 is 0 Å². The van der Waals surface area contributed by atoms with Crippen LogP contribution < -0.4 is 10.6 Å². The molecular weight excluding hydrogens is 240 g/mol. The fourth-order valence-electron chi connectivity index (χ4n) is 1.61. The van der Waals surface area contributed by atoms with Gasteiger partial charge in [-0.25, -0.2) is 9.97 Å². The van der Waals surface area contributed by atoms with E-state index in [4.69, 9.17) is 0 Å². The second-order valence-electron chi connectivity index (χ2n) is 4.94. The molecule has 0 saturated carbocycles. The first-order valence-corrected chi connectivity index (χ1v) is 6.89. The van der Waals surface area contributed by atoms with E-state index in [0.29, 0.717) is 24.8 Å². The largest absolute Gasteiger partial charge is 0.356 e. The maximum Gasteiger partial charge on any atom is 0.223 e. The van der Waals surface area contributed by atoms with Crippen LogP contribution >= 0.6 is 0 Å². The molecule has 0 fully saturated rings. The van der Waals surface area contributed by atoms with Gasteiger partial charge in [-0.05, 0) is 25.3 Å². The van der Waals surface area contributed by atoms with Gasteiger partial charge in [-0.1, -0.05) is 20.8 Å². The third-order valence-corrected chi connectivity index (χ3v) is 2.67.